The summed E-state index contributed by atoms with van der Waals surface area (Å²) in [5.74, 6) is -2.06. The zero-order valence-corrected chi connectivity index (χ0v) is 9.48. The van der Waals surface area contributed by atoms with Crippen molar-refractivity contribution in [3.8, 4) is 0 Å². The minimum Gasteiger partial charge on any atom is -0.481 e. The molecule has 2 N–H and O–H groups in total. The summed E-state index contributed by atoms with van der Waals surface area (Å²) >= 11 is 0. The van der Waals surface area contributed by atoms with E-state index in [1.54, 1.807) is 24.5 Å². The van der Waals surface area contributed by atoms with E-state index in [1.807, 2.05) is 12.2 Å². The fraction of sp³-hybridized carbons (Fsp3) is 0.308. The van der Waals surface area contributed by atoms with Gasteiger partial charge in [0.15, 0.2) is 0 Å². The van der Waals surface area contributed by atoms with Gasteiger partial charge in [-0.25, -0.2) is 0 Å². The maximum Gasteiger partial charge on any atom is 0.307 e. The highest BCUT2D eigenvalue weighted by Gasteiger charge is 2.58. The van der Waals surface area contributed by atoms with Crippen LogP contribution in [0.4, 0.5) is 5.69 Å². The molecule has 0 spiro atoms. The van der Waals surface area contributed by atoms with Crippen molar-refractivity contribution in [2.75, 3.05) is 5.32 Å². The van der Waals surface area contributed by atoms with E-state index < -0.39 is 17.8 Å². The van der Waals surface area contributed by atoms with Gasteiger partial charge < -0.3 is 10.4 Å². The minimum absolute atomic E-state index is 0.0344. The molecule has 4 atom stereocenters. The molecule has 3 rings (SSSR count). The van der Waals surface area contributed by atoms with Crippen LogP contribution in [0.5, 0.6) is 0 Å². The van der Waals surface area contributed by atoms with E-state index in [9.17, 15) is 9.59 Å². The van der Waals surface area contributed by atoms with Crippen LogP contribution in [0.1, 0.15) is 0 Å². The van der Waals surface area contributed by atoms with E-state index in [-0.39, 0.29) is 17.7 Å². The van der Waals surface area contributed by atoms with Crippen molar-refractivity contribution in [1.29, 1.82) is 0 Å². The second kappa shape index (κ2) is 3.94. The number of allylic oxidation sites excluding steroid dienone is 2. The molecule has 1 aromatic rings. The Morgan fingerprint density at radius 3 is 2.50 bits per heavy atom. The van der Waals surface area contributed by atoms with E-state index in [2.05, 4.69) is 10.3 Å². The predicted molar refractivity (Wildman–Crippen MR) is 63.6 cm³/mol. The van der Waals surface area contributed by atoms with Gasteiger partial charge in [0.2, 0.25) is 5.91 Å². The van der Waals surface area contributed by atoms with Crippen LogP contribution in [0.3, 0.4) is 0 Å². The molecule has 1 saturated carbocycles. The lowest BCUT2D eigenvalue weighted by Crippen LogP contribution is -2.57. The van der Waals surface area contributed by atoms with Crippen LogP contribution in [-0.2, 0) is 9.59 Å². The summed E-state index contributed by atoms with van der Waals surface area (Å²) in [6, 6.07) is 3.45. The summed E-state index contributed by atoms with van der Waals surface area (Å²) in [6.07, 6.45) is 6.94. The normalized spacial score (nSPS) is 31.8. The molecule has 5 nitrogen and oxygen atoms in total. The van der Waals surface area contributed by atoms with Crippen molar-refractivity contribution in [3.05, 3.63) is 36.7 Å². The highest BCUT2D eigenvalue weighted by Crippen LogP contribution is 2.53. The van der Waals surface area contributed by atoms with Gasteiger partial charge in [0.1, 0.15) is 0 Å². The number of hydrogen-bond donors (Lipinski definition) is 2. The molecule has 0 aliphatic heterocycles. The number of nitrogens with zero attached hydrogens (tertiary/aromatic N) is 1. The van der Waals surface area contributed by atoms with Crippen molar-refractivity contribution in [2.24, 2.45) is 23.7 Å². The van der Waals surface area contributed by atoms with E-state index in [4.69, 9.17) is 5.11 Å². The lowest BCUT2D eigenvalue weighted by molar-refractivity contribution is -0.160. The lowest BCUT2D eigenvalue weighted by atomic mass is 9.51. The second-order valence-electron chi connectivity index (χ2n) is 4.66. The van der Waals surface area contributed by atoms with Crippen LogP contribution in [0, 0.1) is 23.7 Å². The molecular weight excluding hydrogens is 232 g/mol. The Morgan fingerprint density at radius 2 is 1.94 bits per heavy atom. The number of rotatable bonds is 3. The molecular formula is C13H12N2O3. The van der Waals surface area contributed by atoms with Crippen LogP contribution >= 0.6 is 0 Å². The van der Waals surface area contributed by atoms with Crippen molar-refractivity contribution in [2.45, 2.75) is 0 Å². The summed E-state index contributed by atoms with van der Waals surface area (Å²) in [5.41, 5.74) is 0.596. The zero-order valence-electron chi connectivity index (χ0n) is 9.48. The first-order chi connectivity index (χ1) is 8.68. The Labute approximate surface area is 104 Å². The number of aromatic nitrogens is 1. The fourth-order valence-electron chi connectivity index (χ4n) is 2.74. The molecule has 0 aromatic carbocycles. The minimum atomic E-state index is -0.896. The summed E-state index contributed by atoms with van der Waals surface area (Å²) in [6.45, 7) is 0. The average molecular weight is 244 g/mol. The molecule has 1 aromatic heterocycles. The Bertz CT molecular complexity index is 526. The maximum absolute atomic E-state index is 12.1. The monoisotopic (exact) mass is 244 g/mol. The maximum atomic E-state index is 12.1. The van der Waals surface area contributed by atoms with Gasteiger partial charge in [0, 0.05) is 6.20 Å². The quantitative estimate of drug-likeness (QED) is 0.782. The van der Waals surface area contributed by atoms with Gasteiger partial charge in [0.25, 0.3) is 0 Å². The molecule has 1 amide bonds. The third-order valence-corrected chi connectivity index (χ3v) is 3.73. The summed E-state index contributed by atoms with van der Waals surface area (Å²) in [4.78, 5) is 27.1. The molecule has 0 saturated heterocycles. The van der Waals surface area contributed by atoms with E-state index >= 15 is 0 Å². The molecule has 1 heterocycles. The van der Waals surface area contributed by atoms with Gasteiger partial charge in [-0.2, -0.15) is 0 Å². The number of fused-ring (bicyclic) bond motifs is 1. The Morgan fingerprint density at radius 1 is 1.22 bits per heavy atom. The largest absolute Gasteiger partial charge is 0.481 e. The molecule has 18 heavy (non-hydrogen) atoms. The third kappa shape index (κ3) is 1.51. The molecule has 2 aliphatic rings. The van der Waals surface area contributed by atoms with Crippen molar-refractivity contribution in [1.82, 2.24) is 4.98 Å². The predicted octanol–water partition coefficient (Wildman–Crippen LogP) is 1.15. The number of anilines is 1. The number of carbonyl (C=O) groups excluding carboxylic acids is 1. The number of carboxylic acids is 1. The van der Waals surface area contributed by atoms with Crippen LogP contribution < -0.4 is 5.32 Å². The first-order valence-corrected chi connectivity index (χ1v) is 5.80. The number of carboxylic acid groups (broad SMARTS) is 1. The van der Waals surface area contributed by atoms with E-state index in [1.165, 1.54) is 0 Å². The highest BCUT2D eigenvalue weighted by atomic mass is 16.4. The van der Waals surface area contributed by atoms with E-state index in [0.29, 0.717) is 5.69 Å². The molecule has 1 unspecified atom stereocenters. The Hall–Kier alpha value is -2.17. The molecule has 5 heteroatoms. The van der Waals surface area contributed by atoms with Gasteiger partial charge in [-0.15, -0.1) is 0 Å². The number of nitrogens with one attached hydrogen (secondary N) is 1. The SMILES string of the molecule is O=C(O)[C@H]1[C@H]2C=CC2[C@@H]1C(=O)Nc1cccnc1. The standard InChI is InChI=1S/C13H12N2O3/c16-12(15-7-2-1-5-14-6-7)10-8-3-4-9(8)11(10)13(17)18/h1-6,8-11H,(H,15,16)(H,17,18)/t8?,9-,10-,11-/m0/s1. The van der Waals surface area contributed by atoms with Crippen molar-refractivity contribution >= 4 is 17.6 Å². The second-order valence-corrected chi connectivity index (χ2v) is 4.66. The van der Waals surface area contributed by atoms with Gasteiger partial charge in [-0.1, -0.05) is 12.2 Å². The smallest absolute Gasteiger partial charge is 0.307 e. The average Bonchev–Trinajstić information content (AvgIpc) is 2.32. The van der Waals surface area contributed by atoms with Gasteiger partial charge in [-0.05, 0) is 24.0 Å². The molecule has 0 bridgehead atoms. The number of hydrogen-bond acceptors (Lipinski definition) is 3. The summed E-state index contributed by atoms with van der Waals surface area (Å²) in [7, 11) is 0. The van der Waals surface area contributed by atoms with Gasteiger partial charge >= 0.3 is 5.97 Å². The fourth-order valence-corrected chi connectivity index (χ4v) is 2.74. The molecule has 1 fully saturated rings. The number of aliphatic carboxylic acids is 1. The molecule has 0 radical (unpaired) electrons. The Balaban J connectivity index is 1.73. The third-order valence-electron chi connectivity index (χ3n) is 3.73. The van der Waals surface area contributed by atoms with Gasteiger partial charge in [0.05, 0.1) is 23.7 Å². The summed E-state index contributed by atoms with van der Waals surface area (Å²) < 4.78 is 0. The number of pyridine rings is 1. The molecule has 2 aliphatic carbocycles. The van der Waals surface area contributed by atoms with Crippen LogP contribution in [0.15, 0.2) is 36.7 Å². The first kappa shape index (κ1) is 11.0. The van der Waals surface area contributed by atoms with Gasteiger partial charge in [-0.3, -0.25) is 14.6 Å². The summed E-state index contributed by atoms with van der Waals surface area (Å²) in [5, 5.41) is 11.8. The Kier molecular flexibility index (Phi) is 2.40. The first-order valence-electron chi connectivity index (χ1n) is 5.80. The zero-order chi connectivity index (χ0) is 12.7. The highest BCUT2D eigenvalue weighted by molar-refractivity contribution is 5.97. The topological polar surface area (TPSA) is 79.3 Å². The van der Waals surface area contributed by atoms with Crippen molar-refractivity contribution in [3.63, 3.8) is 0 Å². The number of amides is 1. The molecule has 92 valence electrons. The number of carbonyl (C=O) groups is 2. The lowest BCUT2D eigenvalue weighted by Gasteiger charge is -2.51. The van der Waals surface area contributed by atoms with Crippen LogP contribution in [-0.4, -0.2) is 22.0 Å². The van der Waals surface area contributed by atoms with Crippen LogP contribution in [0.2, 0.25) is 0 Å². The van der Waals surface area contributed by atoms with Crippen molar-refractivity contribution < 1.29 is 14.7 Å². The van der Waals surface area contributed by atoms with Crippen LogP contribution in [0.25, 0.3) is 0 Å². The van der Waals surface area contributed by atoms with E-state index in [0.717, 1.165) is 0 Å².